The number of aromatic nitrogens is 6. The van der Waals surface area contributed by atoms with Crippen molar-refractivity contribution in [2.75, 3.05) is 17.8 Å². The molecule has 0 fully saturated rings. The minimum Gasteiger partial charge on any atom is -0.454 e. The number of nitrogens with two attached hydrogens (primary N) is 1. The first-order valence-electron chi connectivity index (χ1n) is 12.0. The molecule has 10 heteroatoms. The van der Waals surface area contributed by atoms with Crippen LogP contribution in [-0.2, 0) is 12.8 Å². The van der Waals surface area contributed by atoms with Crippen LogP contribution in [0.2, 0.25) is 0 Å². The molecule has 7 rings (SSSR count). The normalized spacial score (nSPS) is 13.5. The van der Waals surface area contributed by atoms with Crippen molar-refractivity contribution in [2.24, 2.45) is 0 Å². The van der Waals surface area contributed by atoms with Gasteiger partial charge in [-0.2, -0.15) is 9.67 Å². The number of pyridine rings is 1. The Morgan fingerprint density at radius 1 is 0.892 bits per heavy atom. The Bertz CT molecular complexity index is 1630. The molecule has 5 aromatic rings. The second kappa shape index (κ2) is 8.59. The van der Waals surface area contributed by atoms with E-state index in [2.05, 4.69) is 48.8 Å². The third-order valence-electron chi connectivity index (χ3n) is 6.56. The van der Waals surface area contributed by atoms with Crippen molar-refractivity contribution in [3.63, 3.8) is 0 Å². The minimum atomic E-state index is 0.218. The number of hydrogen-bond donors (Lipinski definition) is 2. The van der Waals surface area contributed by atoms with Crippen LogP contribution in [0.4, 0.5) is 17.6 Å². The van der Waals surface area contributed by atoms with Gasteiger partial charge >= 0.3 is 0 Å². The lowest BCUT2D eigenvalue weighted by atomic mass is 10.0. The fourth-order valence-electron chi connectivity index (χ4n) is 4.75. The number of nitrogens with one attached hydrogen (secondary N) is 1. The molecule has 0 spiro atoms. The van der Waals surface area contributed by atoms with Gasteiger partial charge in [-0.15, -0.1) is 15.3 Å². The summed E-state index contributed by atoms with van der Waals surface area (Å²) in [5, 5.41) is 16.7. The van der Waals surface area contributed by atoms with E-state index in [0.717, 1.165) is 64.5 Å². The summed E-state index contributed by atoms with van der Waals surface area (Å²) >= 11 is 0. The van der Waals surface area contributed by atoms with Crippen LogP contribution in [0.1, 0.15) is 17.5 Å². The van der Waals surface area contributed by atoms with Gasteiger partial charge in [0.1, 0.15) is 0 Å². The average Bonchev–Trinajstić information content (AvgIpc) is 3.50. The summed E-state index contributed by atoms with van der Waals surface area (Å²) in [7, 11) is 0. The van der Waals surface area contributed by atoms with Crippen LogP contribution < -0.4 is 20.5 Å². The first-order chi connectivity index (χ1) is 18.2. The molecule has 182 valence electrons. The third kappa shape index (κ3) is 3.88. The molecule has 0 atom stereocenters. The van der Waals surface area contributed by atoms with Gasteiger partial charge in [0.25, 0.3) is 0 Å². The minimum absolute atomic E-state index is 0.218. The largest absolute Gasteiger partial charge is 0.454 e. The molecule has 37 heavy (non-hydrogen) atoms. The van der Waals surface area contributed by atoms with Gasteiger partial charge in [-0.05, 0) is 66.8 Å². The zero-order valence-electron chi connectivity index (χ0n) is 19.8. The number of fused-ring (bicyclic) bond motifs is 4. The summed E-state index contributed by atoms with van der Waals surface area (Å²) in [6, 6.07) is 19.9. The Hall–Kier alpha value is -4.99. The standard InChI is InChI=1S/C27H22N8O2/c28-26-31-27(30-19-9-10-21(29-14-19)17-8-11-22-23(12-17)37-15-36-22)34-35(26)24-13-18-6-3-5-16-4-1-2-7-20(16)25(18)33-32-24/h1-2,4,7-14H,3,5-6,15H2,(H3,28,30,31,34). The van der Waals surface area contributed by atoms with Crippen LogP contribution in [-0.4, -0.2) is 36.7 Å². The molecule has 3 N–H and O–H groups in total. The third-order valence-corrected chi connectivity index (χ3v) is 6.56. The quantitative estimate of drug-likeness (QED) is 0.378. The maximum atomic E-state index is 6.20. The van der Waals surface area contributed by atoms with Crippen LogP contribution in [0.3, 0.4) is 0 Å². The molecule has 4 heterocycles. The monoisotopic (exact) mass is 490 g/mol. The molecular weight excluding hydrogens is 468 g/mol. The summed E-state index contributed by atoms with van der Waals surface area (Å²) in [5.41, 5.74) is 13.2. The highest BCUT2D eigenvalue weighted by Crippen LogP contribution is 2.36. The van der Waals surface area contributed by atoms with Gasteiger partial charge in [-0.25, -0.2) is 0 Å². The van der Waals surface area contributed by atoms with Crippen molar-refractivity contribution in [3.05, 3.63) is 78.0 Å². The molecule has 1 aliphatic heterocycles. The number of ether oxygens (including phenoxy) is 2. The van der Waals surface area contributed by atoms with Gasteiger partial charge in [0, 0.05) is 11.1 Å². The molecular formula is C27H22N8O2. The van der Waals surface area contributed by atoms with E-state index in [0.29, 0.717) is 11.8 Å². The molecule has 0 saturated carbocycles. The van der Waals surface area contributed by atoms with Gasteiger partial charge in [0.05, 0.1) is 23.3 Å². The fourth-order valence-corrected chi connectivity index (χ4v) is 4.75. The lowest BCUT2D eigenvalue weighted by Gasteiger charge is -2.09. The van der Waals surface area contributed by atoms with Gasteiger partial charge in [-0.3, -0.25) is 4.98 Å². The zero-order chi connectivity index (χ0) is 24.8. The van der Waals surface area contributed by atoms with E-state index >= 15 is 0 Å². The van der Waals surface area contributed by atoms with E-state index in [9.17, 15) is 0 Å². The van der Waals surface area contributed by atoms with Crippen LogP contribution in [0, 0.1) is 0 Å². The van der Waals surface area contributed by atoms with Gasteiger partial charge in [0.2, 0.25) is 18.7 Å². The predicted octanol–water partition coefficient (Wildman–Crippen LogP) is 4.33. The number of anilines is 3. The average molecular weight is 491 g/mol. The highest BCUT2D eigenvalue weighted by Gasteiger charge is 2.19. The number of hydrogen-bond acceptors (Lipinski definition) is 9. The number of rotatable bonds is 4. The fraction of sp³-hybridized carbons (Fsp3) is 0.148. The van der Waals surface area contributed by atoms with Crippen molar-refractivity contribution in [1.29, 1.82) is 0 Å². The molecule has 0 saturated heterocycles. The Labute approximate surface area is 212 Å². The van der Waals surface area contributed by atoms with Gasteiger partial charge in [0.15, 0.2) is 17.3 Å². The SMILES string of the molecule is Nc1nc(Nc2ccc(-c3ccc4c(c3)OCO4)nc2)nn1-c1cc2c(nn1)-c1ccccc1CCC2. The van der Waals surface area contributed by atoms with E-state index in [1.165, 1.54) is 10.2 Å². The van der Waals surface area contributed by atoms with E-state index in [1.54, 1.807) is 6.20 Å². The molecule has 3 aromatic heterocycles. The van der Waals surface area contributed by atoms with Crippen molar-refractivity contribution in [3.8, 4) is 39.8 Å². The summed E-state index contributed by atoms with van der Waals surface area (Å²) in [4.78, 5) is 8.92. The second-order valence-electron chi connectivity index (χ2n) is 8.92. The highest BCUT2D eigenvalue weighted by atomic mass is 16.7. The summed E-state index contributed by atoms with van der Waals surface area (Å²) in [6.45, 7) is 0.239. The lowest BCUT2D eigenvalue weighted by molar-refractivity contribution is 0.174. The topological polar surface area (TPSA) is 126 Å². The highest BCUT2D eigenvalue weighted by molar-refractivity contribution is 5.69. The molecule has 0 unspecified atom stereocenters. The summed E-state index contributed by atoms with van der Waals surface area (Å²) < 4.78 is 12.3. The number of nitrogen functional groups attached to an aromatic ring is 1. The summed E-state index contributed by atoms with van der Waals surface area (Å²) in [5.74, 6) is 2.56. The maximum Gasteiger partial charge on any atom is 0.248 e. The molecule has 10 nitrogen and oxygen atoms in total. The van der Waals surface area contributed by atoms with E-state index in [4.69, 9.17) is 15.2 Å². The Balaban J connectivity index is 1.13. The van der Waals surface area contributed by atoms with E-state index < -0.39 is 0 Å². The van der Waals surface area contributed by atoms with Crippen LogP contribution >= 0.6 is 0 Å². The van der Waals surface area contributed by atoms with Crippen molar-refractivity contribution >= 4 is 17.6 Å². The van der Waals surface area contributed by atoms with Crippen molar-refractivity contribution in [1.82, 2.24) is 29.9 Å². The van der Waals surface area contributed by atoms with E-state index in [-0.39, 0.29) is 12.7 Å². The van der Waals surface area contributed by atoms with Crippen LogP contribution in [0.25, 0.3) is 28.3 Å². The Kier molecular flexibility index (Phi) is 4.95. The van der Waals surface area contributed by atoms with Crippen molar-refractivity contribution < 1.29 is 9.47 Å². The molecule has 0 radical (unpaired) electrons. The molecule has 2 aromatic carbocycles. The first kappa shape index (κ1) is 21.3. The predicted molar refractivity (Wildman–Crippen MR) is 138 cm³/mol. The number of benzene rings is 2. The number of aryl methyl sites for hydroxylation is 2. The Morgan fingerprint density at radius 2 is 1.78 bits per heavy atom. The van der Waals surface area contributed by atoms with Gasteiger partial charge in [-0.1, -0.05) is 24.3 Å². The smallest absolute Gasteiger partial charge is 0.248 e. The van der Waals surface area contributed by atoms with Gasteiger partial charge < -0.3 is 20.5 Å². The maximum absolute atomic E-state index is 6.20. The second-order valence-corrected chi connectivity index (χ2v) is 8.92. The molecule has 0 bridgehead atoms. The molecule has 1 aliphatic carbocycles. The van der Waals surface area contributed by atoms with E-state index in [1.807, 2.05) is 42.5 Å². The summed E-state index contributed by atoms with van der Waals surface area (Å²) in [6.07, 6.45) is 4.69. The molecule has 2 aliphatic rings. The van der Waals surface area contributed by atoms with Crippen LogP contribution in [0.15, 0.2) is 66.9 Å². The zero-order valence-corrected chi connectivity index (χ0v) is 19.8. The Morgan fingerprint density at radius 3 is 2.70 bits per heavy atom. The first-order valence-corrected chi connectivity index (χ1v) is 12.0. The number of nitrogens with zero attached hydrogens (tertiary/aromatic N) is 6. The van der Waals surface area contributed by atoms with Crippen LogP contribution in [0.5, 0.6) is 11.5 Å². The molecule has 0 amide bonds. The lowest BCUT2D eigenvalue weighted by Crippen LogP contribution is -2.08. The van der Waals surface area contributed by atoms with Crippen molar-refractivity contribution in [2.45, 2.75) is 19.3 Å².